The van der Waals surface area contributed by atoms with Gasteiger partial charge in [0.05, 0.1) is 35.8 Å². The Bertz CT molecular complexity index is 1170. The summed E-state index contributed by atoms with van der Waals surface area (Å²) in [6.07, 6.45) is 4.65. The summed E-state index contributed by atoms with van der Waals surface area (Å²) in [6.45, 7) is 4.72. The minimum atomic E-state index is -0.366. The van der Waals surface area contributed by atoms with Crippen LogP contribution in [-0.2, 0) is 5.41 Å². The molecule has 3 N–H and O–H groups in total. The Labute approximate surface area is 191 Å². The molecule has 2 aliphatic rings. The normalized spacial score (nSPS) is 19.2. The van der Waals surface area contributed by atoms with Crippen LogP contribution in [0.5, 0.6) is 5.75 Å². The van der Waals surface area contributed by atoms with Gasteiger partial charge in [-0.05, 0) is 24.6 Å². The van der Waals surface area contributed by atoms with Gasteiger partial charge < -0.3 is 25.4 Å². The van der Waals surface area contributed by atoms with E-state index in [0.717, 1.165) is 41.4 Å². The zero-order chi connectivity index (χ0) is 22.3. The van der Waals surface area contributed by atoms with Gasteiger partial charge in [-0.15, -0.1) is 0 Å². The largest absolute Gasteiger partial charge is 0.494 e. The molecule has 1 atom stereocenters. The molecule has 3 aromatic rings. The van der Waals surface area contributed by atoms with Crippen molar-refractivity contribution in [3.8, 4) is 17.0 Å². The number of nitrogens with one attached hydrogen (secondary N) is 2. The molecule has 0 aliphatic carbocycles. The zero-order valence-corrected chi connectivity index (χ0v) is 18.8. The van der Waals surface area contributed by atoms with Crippen LogP contribution in [0.25, 0.3) is 11.3 Å². The van der Waals surface area contributed by atoms with E-state index in [4.69, 9.17) is 16.3 Å². The molecule has 4 heterocycles. The van der Waals surface area contributed by atoms with E-state index in [1.807, 2.05) is 31.2 Å². The third-order valence-electron chi connectivity index (χ3n) is 6.20. The number of hydrogen-bond donors (Lipinski definition) is 3. The van der Waals surface area contributed by atoms with Crippen LogP contribution in [0.2, 0.25) is 5.02 Å². The number of methoxy groups -OCH3 is 1. The van der Waals surface area contributed by atoms with Gasteiger partial charge >= 0.3 is 0 Å². The topological polar surface area (TPSA) is 95.4 Å². The van der Waals surface area contributed by atoms with Crippen molar-refractivity contribution >= 4 is 34.7 Å². The standard InChI is InChI=1S/C23H25ClN6O2/c1-23(13-31)12-27-21-15(23)8-14(11-26-21)17-4-5-25-22(28-17)29-18-9-16(24)19(10-20(18)32-2)30-6-3-7-30/h4-5,8-11,31H,3,6-7,12-13H2,1-2H3,(H,26,27)(H,25,28,29). The van der Waals surface area contributed by atoms with Gasteiger partial charge in [-0.3, -0.25) is 0 Å². The Hall–Kier alpha value is -3.10. The first kappa shape index (κ1) is 20.8. The highest BCUT2D eigenvalue weighted by Gasteiger charge is 2.35. The molecule has 0 amide bonds. The van der Waals surface area contributed by atoms with Crippen LogP contribution in [0.3, 0.4) is 0 Å². The number of halogens is 1. The average molecular weight is 453 g/mol. The van der Waals surface area contributed by atoms with E-state index in [-0.39, 0.29) is 12.0 Å². The second-order valence-corrected chi connectivity index (χ2v) is 8.83. The van der Waals surface area contributed by atoms with Crippen LogP contribution in [0, 0.1) is 0 Å². The van der Waals surface area contributed by atoms with Crippen molar-refractivity contribution in [2.75, 3.05) is 48.9 Å². The minimum Gasteiger partial charge on any atom is -0.494 e. The first-order valence-electron chi connectivity index (χ1n) is 10.6. The summed E-state index contributed by atoms with van der Waals surface area (Å²) in [6, 6.07) is 7.66. The van der Waals surface area contributed by atoms with Crippen molar-refractivity contribution < 1.29 is 9.84 Å². The Morgan fingerprint density at radius 1 is 1.28 bits per heavy atom. The first-order valence-corrected chi connectivity index (χ1v) is 11.0. The van der Waals surface area contributed by atoms with Gasteiger partial charge in [0.15, 0.2) is 0 Å². The Morgan fingerprint density at radius 2 is 2.12 bits per heavy atom. The fourth-order valence-electron chi connectivity index (χ4n) is 4.03. The summed E-state index contributed by atoms with van der Waals surface area (Å²) in [5.74, 6) is 1.91. The number of ether oxygens (including phenoxy) is 1. The Balaban J connectivity index is 1.45. The number of hydrogen-bond acceptors (Lipinski definition) is 8. The van der Waals surface area contributed by atoms with Crippen molar-refractivity contribution in [1.82, 2.24) is 15.0 Å². The molecule has 166 valence electrons. The van der Waals surface area contributed by atoms with Crippen molar-refractivity contribution in [3.63, 3.8) is 0 Å². The Kier molecular flexibility index (Phi) is 5.27. The maximum atomic E-state index is 9.86. The maximum Gasteiger partial charge on any atom is 0.227 e. The molecule has 0 bridgehead atoms. The van der Waals surface area contributed by atoms with Gasteiger partial charge in [-0.25, -0.2) is 15.0 Å². The molecule has 32 heavy (non-hydrogen) atoms. The van der Waals surface area contributed by atoms with Crippen LogP contribution in [0.4, 0.5) is 23.1 Å². The molecular weight excluding hydrogens is 428 g/mol. The van der Waals surface area contributed by atoms with Crippen molar-refractivity contribution in [3.05, 3.63) is 47.2 Å². The van der Waals surface area contributed by atoms with Gasteiger partial charge in [-0.1, -0.05) is 18.5 Å². The molecule has 1 saturated heterocycles. The van der Waals surface area contributed by atoms with Crippen LogP contribution < -0.4 is 20.3 Å². The lowest BCUT2D eigenvalue weighted by molar-refractivity contribution is 0.218. The van der Waals surface area contributed by atoms with Crippen molar-refractivity contribution in [1.29, 1.82) is 0 Å². The fourth-order valence-corrected chi connectivity index (χ4v) is 4.31. The fraction of sp³-hybridized carbons (Fsp3) is 0.348. The van der Waals surface area contributed by atoms with Crippen LogP contribution in [0.15, 0.2) is 36.7 Å². The molecule has 1 aromatic carbocycles. The van der Waals surface area contributed by atoms with E-state index in [2.05, 4.69) is 30.5 Å². The first-order chi connectivity index (χ1) is 15.5. The molecule has 0 spiro atoms. The van der Waals surface area contributed by atoms with E-state index in [9.17, 15) is 5.11 Å². The molecule has 9 heteroatoms. The van der Waals surface area contributed by atoms with Crippen LogP contribution in [-0.4, -0.2) is 53.4 Å². The average Bonchev–Trinajstić information content (AvgIpc) is 3.11. The number of aliphatic hydroxyl groups excluding tert-OH is 1. The third kappa shape index (κ3) is 3.59. The summed E-state index contributed by atoms with van der Waals surface area (Å²) in [5, 5.41) is 17.0. The van der Waals surface area contributed by atoms with Crippen LogP contribution in [0.1, 0.15) is 18.9 Å². The molecule has 0 radical (unpaired) electrons. The van der Waals surface area contributed by atoms with Crippen LogP contribution >= 0.6 is 11.6 Å². The molecule has 2 aromatic heterocycles. The number of pyridine rings is 1. The summed E-state index contributed by atoms with van der Waals surface area (Å²) < 4.78 is 5.59. The van der Waals surface area contributed by atoms with E-state index < -0.39 is 0 Å². The van der Waals surface area contributed by atoms with E-state index >= 15 is 0 Å². The van der Waals surface area contributed by atoms with Crippen molar-refractivity contribution in [2.45, 2.75) is 18.8 Å². The summed E-state index contributed by atoms with van der Waals surface area (Å²) in [7, 11) is 1.63. The SMILES string of the molecule is COc1cc(N2CCC2)c(Cl)cc1Nc1nccc(-c2cnc3c(c2)C(C)(CO)CN3)n1. The van der Waals surface area contributed by atoms with Gasteiger partial charge in [0, 0.05) is 54.6 Å². The molecule has 1 fully saturated rings. The molecular formula is C23H25ClN6O2. The summed E-state index contributed by atoms with van der Waals surface area (Å²) in [5.41, 5.74) is 3.88. The number of benzene rings is 1. The highest BCUT2D eigenvalue weighted by molar-refractivity contribution is 6.33. The minimum absolute atomic E-state index is 0.0443. The van der Waals surface area contributed by atoms with E-state index in [0.29, 0.717) is 29.0 Å². The van der Waals surface area contributed by atoms with Gasteiger partial charge in [0.25, 0.3) is 0 Å². The number of aromatic nitrogens is 3. The predicted octanol–water partition coefficient (Wildman–Crippen LogP) is 3.83. The van der Waals surface area contributed by atoms with E-state index in [1.54, 1.807) is 19.5 Å². The highest BCUT2D eigenvalue weighted by atomic mass is 35.5. The third-order valence-corrected chi connectivity index (χ3v) is 6.50. The highest BCUT2D eigenvalue weighted by Crippen LogP contribution is 2.40. The lowest BCUT2D eigenvalue weighted by Crippen LogP contribution is -2.37. The monoisotopic (exact) mass is 452 g/mol. The molecule has 2 aliphatic heterocycles. The molecule has 1 unspecified atom stereocenters. The smallest absolute Gasteiger partial charge is 0.227 e. The van der Waals surface area contributed by atoms with Gasteiger partial charge in [-0.2, -0.15) is 0 Å². The predicted molar refractivity (Wildman–Crippen MR) is 126 cm³/mol. The number of rotatable bonds is 6. The summed E-state index contributed by atoms with van der Waals surface area (Å²) in [4.78, 5) is 15.8. The number of fused-ring (bicyclic) bond motifs is 1. The van der Waals surface area contributed by atoms with Crippen molar-refractivity contribution in [2.24, 2.45) is 0 Å². The zero-order valence-electron chi connectivity index (χ0n) is 18.0. The van der Waals surface area contributed by atoms with Gasteiger partial charge in [0.2, 0.25) is 5.95 Å². The van der Waals surface area contributed by atoms with Gasteiger partial charge in [0.1, 0.15) is 11.6 Å². The quantitative estimate of drug-likeness (QED) is 0.519. The molecule has 8 nitrogen and oxygen atoms in total. The second-order valence-electron chi connectivity index (χ2n) is 8.43. The number of aliphatic hydroxyl groups is 1. The lowest BCUT2D eigenvalue weighted by Gasteiger charge is -2.34. The van der Waals surface area contributed by atoms with E-state index in [1.165, 1.54) is 6.42 Å². The number of anilines is 4. The molecule has 0 saturated carbocycles. The Morgan fingerprint density at radius 3 is 2.84 bits per heavy atom. The summed E-state index contributed by atoms with van der Waals surface area (Å²) >= 11 is 6.54. The molecule has 5 rings (SSSR count). The number of nitrogens with zero attached hydrogens (tertiary/aromatic N) is 4. The lowest BCUT2D eigenvalue weighted by atomic mass is 9.85. The second kappa shape index (κ2) is 8.11. The maximum absolute atomic E-state index is 9.86.